The summed E-state index contributed by atoms with van der Waals surface area (Å²) in [4.78, 5) is 22.4. The van der Waals surface area contributed by atoms with Gasteiger partial charge in [-0.1, -0.05) is 19.8 Å². The van der Waals surface area contributed by atoms with Crippen LogP contribution in [0.1, 0.15) is 39.0 Å². The molecule has 1 heterocycles. The Kier molecular flexibility index (Phi) is 3.83. The van der Waals surface area contributed by atoms with Crippen LogP contribution in [0.4, 0.5) is 0 Å². The molecule has 1 unspecified atom stereocenters. The molecular weight excluding hydrogens is 200 g/mol. The first kappa shape index (κ1) is 11.4. The number of ether oxygens (including phenoxy) is 1. The second kappa shape index (κ2) is 4.70. The summed E-state index contributed by atoms with van der Waals surface area (Å²) in [5.74, 6) is -0.918. The van der Waals surface area contributed by atoms with E-state index < -0.39 is 17.5 Å². The second-order valence-electron chi connectivity index (χ2n) is 3.56. The maximum atomic E-state index is 11.5. The molecule has 0 spiro atoms. The average Bonchev–Trinajstić information content (AvgIpc) is 2.18. The Labute approximate surface area is 86.5 Å². The Balaban J connectivity index is 2.67. The van der Waals surface area contributed by atoms with Crippen molar-refractivity contribution in [2.75, 3.05) is 0 Å². The van der Waals surface area contributed by atoms with Gasteiger partial charge in [-0.2, -0.15) is 0 Å². The Morgan fingerprint density at radius 2 is 2.29 bits per heavy atom. The largest absolute Gasteiger partial charge is 0.413 e. The fourth-order valence-corrected chi connectivity index (χ4v) is 2.21. The number of carbonyl (C=O) groups excluding carboxylic acids is 2. The normalized spacial score (nSPS) is 27.8. The van der Waals surface area contributed by atoms with Crippen molar-refractivity contribution in [2.24, 2.45) is 0 Å². The van der Waals surface area contributed by atoms with Crippen molar-refractivity contribution in [1.82, 2.24) is 0 Å². The molecule has 1 saturated heterocycles. The van der Waals surface area contributed by atoms with Crippen molar-refractivity contribution in [3.8, 4) is 0 Å². The summed E-state index contributed by atoms with van der Waals surface area (Å²) < 4.78 is 9.96. The van der Waals surface area contributed by atoms with Crippen LogP contribution in [0.5, 0.6) is 0 Å². The first-order chi connectivity index (χ1) is 6.64. The molecule has 0 bridgehead atoms. The van der Waals surface area contributed by atoms with E-state index >= 15 is 0 Å². The molecule has 0 N–H and O–H groups in total. The Hall–Kier alpha value is -0.683. The molecule has 1 aliphatic heterocycles. The zero-order chi connectivity index (χ0) is 10.6. The lowest BCUT2D eigenvalue weighted by Crippen LogP contribution is -2.47. The molecule has 0 aliphatic carbocycles. The van der Waals surface area contributed by atoms with Crippen molar-refractivity contribution >= 4 is 22.4 Å². The molecule has 1 atom stereocenters. The van der Waals surface area contributed by atoms with Gasteiger partial charge in [0.25, 0.3) is 0 Å². The van der Waals surface area contributed by atoms with Crippen LogP contribution in [0.15, 0.2) is 0 Å². The zero-order valence-corrected chi connectivity index (χ0v) is 10.7. The predicted molar refractivity (Wildman–Crippen MR) is 53.6 cm³/mol. The van der Waals surface area contributed by atoms with Crippen molar-refractivity contribution in [3.63, 3.8) is 0 Å². The molecule has 1 fully saturated rings. The summed E-state index contributed by atoms with van der Waals surface area (Å²) in [5.41, 5.74) is -0.809. The van der Waals surface area contributed by atoms with Gasteiger partial charge >= 0.3 is 11.9 Å². The van der Waals surface area contributed by atoms with Crippen molar-refractivity contribution in [3.05, 3.63) is 0 Å². The smallest absolute Gasteiger partial charge is 0.344 e. The molecule has 80 valence electrons. The van der Waals surface area contributed by atoms with E-state index in [1.165, 1.54) is 0 Å². The topological polar surface area (TPSA) is 52.6 Å². The molecule has 0 saturated carbocycles. The molecule has 1 rings (SSSR count). The van der Waals surface area contributed by atoms with Crippen LogP contribution in [0, 0.1) is 0 Å². The van der Waals surface area contributed by atoms with Crippen LogP contribution >= 0.6 is 0 Å². The van der Waals surface area contributed by atoms with Crippen LogP contribution in [-0.2, 0) is 18.8 Å². The van der Waals surface area contributed by atoms with Crippen LogP contribution in [-0.4, -0.2) is 28.0 Å². The zero-order valence-electron chi connectivity index (χ0n) is 8.67. The highest BCUT2D eigenvalue weighted by molar-refractivity contribution is 6.02. The van der Waals surface area contributed by atoms with Gasteiger partial charge in [-0.05, 0) is 12.8 Å². The quantitative estimate of drug-likeness (QED) is 0.379. The third-order valence-electron chi connectivity index (χ3n) is 2.64. The van der Waals surface area contributed by atoms with Gasteiger partial charge in [0.05, 0.1) is 0 Å². The third-order valence-corrected chi connectivity index (χ3v) is 3.42. The molecule has 0 radical (unpaired) electrons. The maximum absolute atomic E-state index is 11.5. The summed E-state index contributed by atoms with van der Waals surface area (Å²) in [7, 11) is 0.490. The van der Waals surface area contributed by atoms with Crippen molar-refractivity contribution in [1.29, 1.82) is 0 Å². The highest BCUT2D eigenvalue weighted by atomic mass is 28.2. The lowest BCUT2D eigenvalue weighted by molar-refractivity contribution is -0.180. The molecular formula is C9H16O4Si. The van der Waals surface area contributed by atoms with Crippen molar-refractivity contribution < 1.29 is 18.8 Å². The average molecular weight is 216 g/mol. The van der Waals surface area contributed by atoms with Gasteiger partial charge in [0.1, 0.15) is 10.5 Å². The van der Waals surface area contributed by atoms with E-state index in [0.29, 0.717) is 23.3 Å². The predicted octanol–water partition coefficient (Wildman–Crippen LogP) is 0.0760. The number of hydrogen-bond acceptors (Lipinski definition) is 4. The number of unbranched alkanes of at least 4 members (excludes halogenated alkanes) is 1. The van der Waals surface area contributed by atoms with Gasteiger partial charge in [-0.3, -0.25) is 4.79 Å². The molecule has 0 aromatic rings. The van der Waals surface area contributed by atoms with Gasteiger partial charge in [0.2, 0.25) is 0 Å². The summed E-state index contributed by atoms with van der Waals surface area (Å²) in [5, 5.41) is 0. The molecule has 0 amide bonds. The fraction of sp³-hybridized carbons (Fsp3) is 0.778. The van der Waals surface area contributed by atoms with E-state index in [4.69, 9.17) is 4.43 Å². The van der Waals surface area contributed by atoms with Gasteiger partial charge in [-0.15, -0.1) is 0 Å². The van der Waals surface area contributed by atoms with E-state index in [0.717, 1.165) is 12.8 Å². The van der Waals surface area contributed by atoms with Gasteiger partial charge in [0, 0.05) is 6.42 Å². The number of rotatable bonds is 4. The molecule has 0 aromatic heterocycles. The standard InChI is InChI=1S/C9H16O4Si/c1-2-3-5-9(13-14)6-4-7(10)12-8(9)11/h2-6H2,1,14H3. The minimum atomic E-state index is -0.809. The lowest BCUT2D eigenvalue weighted by atomic mass is 9.90. The van der Waals surface area contributed by atoms with Crippen LogP contribution < -0.4 is 0 Å². The molecule has 4 nitrogen and oxygen atoms in total. The number of hydrogen-bond donors (Lipinski definition) is 0. The van der Waals surface area contributed by atoms with E-state index in [1.54, 1.807) is 0 Å². The highest BCUT2D eigenvalue weighted by Crippen LogP contribution is 2.29. The summed E-state index contributed by atoms with van der Waals surface area (Å²) in [6.07, 6.45) is 3.37. The number of carbonyl (C=O) groups is 2. The summed E-state index contributed by atoms with van der Waals surface area (Å²) >= 11 is 0. The maximum Gasteiger partial charge on any atom is 0.344 e. The molecule has 1 aliphatic rings. The van der Waals surface area contributed by atoms with E-state index in [-0.39, 0.29) is 6.42 Å². The van der Waals surface area contributed by atoms with E-state index in [9.17, 15) is 9.59 Å². The number of esters is 2. The van der Waals surface area contributed by atoms with Crippen LogP contribution in [0.25, 0.3) is 0 Å². The lowest BCUT2D eigenvalue weighted by Gasteiger charge is -2.33. The SMILES string of the molecule is CCCCC1(O[SiH3])CCC(=O)OC1=O. The van der Waals surface area contributed by atoms with Crippen LogP contribution in [0.3, 0.4) is 0 Å². The monoisotopic (exact) mass is 216 g/mol. The van der Waals surface area contributed by atoms with Crippen molar-refractivity contribution in [2.45, 2.75) is 44.6 Å². The first-order valence-electron chi connectivity index (χ1n) is 4.95. The molecule has 0 aromatic carbocycles. The molecule has 14 heavy (non-hydrogen) atoms. The Bertz CT molecular complexity index is 241. The third kappa shape index (κ3) is 2.22. The fourth-order valence-electron chi connectivity index (χ4n) is 1.63. The van der Waals surface area contributed by atoms with Gasteiger partial charge < -0.3 is 9.16 Å². The first-order valence-corrected chi connectivity index (χ1v) is 5.76. The van der Waals surface area contributed by atoms with Gasteiger partial charge in [0.15, 0.2) is 5.60 Å². The van der Waals surface area contributed by atoms with E-state index in [1.807, 2.05) is 0 Å². The van der Waals surface area contributed by atoms with Crippen LogP contribution in [0.2, 0.25) is 0 Å². The number of cyclic esters (lactones) is 2. The van der Waals surface area contributed by atoms with Gasteiger partial charge in [-0.25, -0.2) is 4.79 Å². The molecule has 5 heteroatoms. The minimum Gasteiger partial charge on any atom is -0.413 e. The highest BCUT2D eigenvalue weighted by Gasteiger charge is 2.43. The Morgan fingerprint density at radius 3 is 2.79 bits per heavy atom. The summed E-state index contributed by atoms with van der Waals surface area (Å²) in [6, 6.07) is 0. The second-order valence-corrected chi connectivity index (χ2v) is 3.97. The minimum absolute atomic E-state index is 0.289. The summed E-state index contributed by atoms with van der Waals surface area (Å²) in [6.45, 7) is 2.06. The van der Waals surface area contributed by atoms with E-state index in [2.05, 4.69) is 11.7 Å². The Morgan fingerprint density at radius 1 is 1.57 bits per heavy atom.